The lowest BCUT2D eigenvalue weighted by Crippen LogP contribution is -2.17. The first-order valence-corrected chi connectivity index (χ1v) is 6.73. The lowest BCUT2D eigenvalue weighted by atomic mass is 9.98. The molecule has 134 valence electrons. The lowest BCUT2D eigenvalue weighted by molar-refractivity contribution is -0.274. The van der Waals surface area contributed by atoms with Crippen molar-refractivity contribution in [3.63, 3.8) is 0 Å². The predicted molar refractivity (Wildman–Crippen MR) is 74.9 cm³/mol. The molecule has 0 fully saturated rings. The van der Waals surface area contributed by atoms with E-state index in [-0.39, 0.29) is 16.7 Å². The van der Waals surface area contributed by atoms with Crippen LogP contribution in [0.2, 0.25) is 0 Å². The van der Waals surface area contributed by atoms with Crippen LogP contribution in [0.1, 0.15) is 11.1 Å². The molecular formula is C16H10F6O3. The highest BCUT2D eigenvalue weighted by atomic mass is 19.4. The summed E-state index contributed by atoms with van der Waals surface area (Å²) in [6, 6.07) is 7.01. The van der Waals surface area contributed by atoms with Crippen LogP contribution in [0.25, 0.3) is 11.1 Å². The topological polar surface area (TPSA) is 46.5 Å². The van der Waals surface area contributed by atoms with Gasteiger partial charge in [0.15, 0.2) is 0 Å². The number of hydrogen-bond donors (Lipinski definition) is 1. The Morgan fingerprint density at radius 2 is 1.64 bits per heavy atom. The molecular weight excluding hydrogens is 354 g/mol. The number of carboxylic acid groups (broad SMARTS) is 1. The van der Waals surface area contributed by atoms with E-state index >= 15 is 0 Å². The monoisotopic (exact) mass is 364 g/mol. The van der Waals surface area contributed by atoms with Crippen molar-refractivity contribution in [2.45, 2.75) is 19.0 Å². The molecule has 0 saturated heterocycles. The second-order valence-corrected chi connectivity index (χ2v) is 5.06. The number of alkyl halides is 6. The molecule has 0 saturated carbocycles. The predicted octanol–water partition coefficient (Wildman–Crippen LogP) is 4.90. The first-order valence-electron chi connectivity index (χ1n) is 6.73. The second kappa shape index (κ2) is 6.66. The minimum atomic E-state index is -4.94. The van der Waals surface area contributed by atoms with Crippen molar-refractivity contribution in [3.05, 3.63) is 53.6 Å². The summed E-state index contributed by atoms with van der Waals surface area (Å²) in [5.41, 5.74) is -1.26. The summed E-state index contributed by atoms with van der Waals surface area (Å²) in [6.07, 6.45) is -10.3. The number of rotatable bonds is 4. The van der Waals surface area contributed by atoms with Crippen molar-refractivity contribution in [2.75, 3.05) is 0 Å². The molecule has 0 aliphatic carbocycles. The standard InChI is InChI=1S/C16H10F6O3/c17-15(18,19)12-5-9(6-14(23)24)4-11(7-12)10-2-1-3-13(8-10)25-16(20,21)22/h1-5,7-8H,6H2,(H,23,24). The highest BCUT2D eigenvalue weighted by Crippen LogP contribution is 2.35. The van der Waals surface area contributed by atoms with Gasteiger partial charge in [0.25, 0.3) is 0 Å². The van der Waals surface area contributed by atoms with Gasteiger partial charge in [0.1, 0.15) is 5.75 Å². The zero-order chi connectivity index (χ0) is 18.8. The number of halogens is 6. The number of ether oxygens (including phenoxy) is 1. The zero-order valence-electron chi connectivity index (χ0n) is 12.3. The van der Waals surface area contributed by atoms with Crippen molar-refractivity contribution in [1.82, 2.24) is 0 Å². The van der Waals surface area contributed by atoms with Gasteiger partial charge >= 0.3 is 18.5 Å². The minimum absolute atomic E-state index is 0.0273. The Morgan fingerprint density at radius 1 is 0.960 bits per heavy atom. The molecule has 0 bridgehead atoms. The third kappa shape index (κ3) is 5.40. The van der Waals surface area contributed by atoms with Crippen molar-refractivity contribution < 1.29 is 41.0 Å². The molecule has 2 rings (SSSR count). The van der Waals surface area contributed by atoms with Crippen LogP contribution in [0, 0.1) is 0 Å². The summed E-state index contributed by atoms with van der Waals surface area (Å²) in [5, 5.41) is 8.77. The maximum atomic E-state index is 13.0. The normalized spacial score (nSPS) is 12.1. The van der Waals surface area contributed by atoms with Gasteiger partial charge in [-0.05, 0) is 41.0 Å². The molecule has 3 nitrogen and oxygen atoms in total. The Balaban J connectivity index is 2.50. The quantitative estimate of drug-likeness (QED) is 0.785. The van der Waals surface area contributed by atoms with Gasteiger partial charge in [-0.15, -0.1) is 13.2 Å². The molecule has 0 amide bonds. The van der Waals surface area contributed by atoms with Crippen molar-refractivity contribution in [2.24, 2.45) is 0 Å². The van der Waals surface area contributed by atoms with Gasteiger partial charge in [0.2, 0.25) is 0 Å². The lowest BCUT2D eigenvalue weighted by Gasteiger charge is -2.13. The van der Waals surface area contributed by atoms with Gasteiger partial charge in [-0.2, -0.15) is 13.2 Å². The van der Waals surface area contributed by atoms with E-state index in [4.69, 9.17) is 5.11 Å². The first-order chi connectivity index (χ1) is 11.4. The summed E-state index contributed by atoms with van der Waals surface area (Å²) >= 11 is 0. The van der Waals surface area contributed by atoms with E-state index in [0.29, 0.717) is 6.07 Å². The third-order valence-electron chi connectivity index (χ3n) is 3.08. The molecule has 2 aromatic carbocycles. The number of carbonyl (C=O) groups is 1. The molecule has 0 radical (unpaired) electrons. The van der Waals surface area contributed by atoms with Crippen LogP contribution in [0.15, 0.2) is 42.5 Å². The van der Waals surface area contributed by atoms with Crippen molar-refractivity contribution >= 4 is 5.97 Å². The van der Waals surface area contributed by atoms with E-state index < -0.39 is 36.2 Å². The Labute approximate surface area is 137 Å². The molecule has 25 heavy (non-hydrogen) atoms. The second-order valence-electron chi connectivity index (χ2n) is 5.06. The van der Waals surface area contributed by atoms with Crippen LogP contribution in [0.5, 0.6) is 5.75 Å². The molecule has 0 heterocycles. The fourth-order valence-electron chi connectivity index (χ4n) is 2.17. The van der Waals surface area contributed by atoms with Crippen LogP contribution in [-0.2, 0) is 17.4 Å². The van der Waals surface area contributed by atoms with E-state index in [1.54, 1.807) is 0 Å². The maximum absolute atomic E-state index is 13.0. The average molecular weight is 364 g/mol. The van der Waals surface area contributed by atoms with Gasteiger partial charge < -0.3 is 9.84 Å². The molecule has 0 spiro atoms. The van der Waals surface area contributed by atoms with Gasteiger partial charge in [-0.25, -0.2) is 0 Å². The van der Waals surface area contributed by atoms with E-state index in [9.17, 15) is 31.1 Å². The maximum Gasteiger partial charge on any atom is 0.573 e. The smallest absolute Gasteiger partial charge is 0.481 e. The Hall–Kier alpha value is -2.71. The number of carboxylic acids is 1. The molecule has 2 aromatic rings. The summed E-state index contributed by atoms with van der Waals surface area (Å²) < 4.78 is 79.5. The van der Waals surface area contributed by atoms with Gasteiger partial charge in [-0.1, -0.05) is 18.2 Å². The van der Waals surface area contributed by atoms with Gasteiger partial charge in [-0.3, -0.25) is 4.79 Å². The minimum Gasteiger partial charge on any atom is -0.481 e. The Morgan fingerprint density at radius 3 is 2.20 bits per heavy atom. The van der Waals surface area contributed by atoms with Crippen LogP contribution >= 0.6 is 0 Å². The molecule has 1 N–H and O–H groups in total. The highest BCUT2D eigenvalue weighted by Gasteiger charge is 2.32. The summed E-state index contributed by atoms with van der Waals surface area (Å²) in [6.45, 7) is 0. The fourth-order valence-corrected chi connectivity index (χ4v) is 2.17. The van der Waals surface area contributed by atoms with Gasteiger partial charge in [0.05, 0.1) is 12.0 Å². The van der Waals surface area contributed by atoms with E-state index in [0.717, 1.165) is 18.2 Å². The third-order valence-corrected chi connectivity index (χ3v) is 3.08. The van der Waals surface area contributed by atoms with Crippen LogP contribution in [0.4, 0.5) is 26.3 Å². The van der Waals surface area contributed by atoms with Gasteiger partial charge in [0, 0.05) is 0 Å². The molecule has 0 aromatic heterocycles. The Bertz CT molecular complexity index is 780. The molecule has 0 atom stereocenters. The summed E-state index contributed by atoms with van der Waals surface area (Å²) in [5.74, 6) is -1.93. The summed E-state index contributed by atoms with van der Waals surface area (Å²) in [7, 11) is 0. The van der Waals surface area contributed by atoms with Crippen LogP contribution in [-0.4, -0.2) is 17.4 Å². The molecule has 9 heteroatoms. The van der Waals surface area contributed by atoms with Crippen LogP contribution in [0.3, 0.4) is 0 Å². The molecule has 0 aliphatic heterocycles. The van der Waals surface area contributed by atoms with E-state index in [1.165, 1.54) is 18.2 Å². The number of benzene rings is 2. The van der Waals surface area contributed by atoms with E-state index in [2.05, 4.69) is 4.74 Å². The number of aliphatic carboxylic acids is 1. The van der Waals surface area contributed by atoms with E-state index in [1.807, 2.05) is 0 Å². The molecule has 0 aliphatic rings. The Kier molecular flexibility index (Phi) is 4.96. The zero-order valence-corrected chi connectivity index (χ0v) is 12.3. The fraction of sp³-hybridized carbons (Fsp3) is 0.188. The first kappa shape index (κ1) is 18.6. The number of hydrogen-bond acceptors (Lipinski definition) is 2. The van der Waals surface area contributed by atoms with Crippen molar-refractivity contribution in [3.8, 4) is 16.9 Å². The molecule has 0 unspecified atom stereocenters. The largest absolute Gasteiger partial charge is 0.573 e. The highest BCUT2D eigenvalue weighted by molar-refractivity contribution is 5.73. The van der Waals surface area contributed by atoms with Crippen LogP contribution < -0.4 is 4.74 Å². The van der Waals surface area contributed by atoms with Crippen molar-refractivity contribution in [1.29, 1.82) is 0 Å². The summed E-state index contributed by atoms with van der Waals surface area (Å²) in [4.78, 5) is 10.8. The SMILES string of the molecule is O=C(O)Cc1cc(-c2cccc(OC(F)(F)F)c2)cc(C(F)(F)F)c1. The average Bonchev–Trinajstić information content (AvgIpc) is 2.43.